The van der Waals surface area contributed by atoms with Crippen molar-refractivity contribution >= 4 is 23.4 Å². The highest BCUT2D eigenvalue weighted by Gasteiger charge is 2.37. The van der Waals surface area contributed by atoms with E-state index in [1.54, 1.807) is 14.1 Å². The van der Waals surface area contributed by atoms with Crippen molar-refractivity contribution in [2.75, 3.05) is 33.1 Å². The molecule has 2 aromatic rings. The van der Waals surface area contributed by atoms with Crippen molar-refractivity contribution in [2.24, 2.45) is 0 Å². The summed E-state index contributed by atoms with van der Waals surface area (Å²) in [7, 11) is 4.52. The van der Waals surface area contributed by atoms with Crippen LogP contribution in [0.1, 0.15) is 18.4 Å². The van der Waals surface area contributed by atoms with Crippen molar-refractivity contribution in [3.8, 4) is 17.2 Å². The number of likely N-dealkylation sites (tertiary alicyclic amines) is 1. The molecule has 0 bridgehead atoms. The first-order chi connectivity index (χ1) is 16.0. The van der Waals surface area contributed by atoms with E-state index in [9.17, 15) is 27.6 Å². The number of carbonyl (C=O) groups excluding carboxylic acids is 3. The molecule has 1 N–H and O–H groups in total. The normalized spacial score (nSPS) is 15.8. The fourth-order valence-corrected chi connectivity index (χ4v) is 3.39. The van der Waals surface area contributed by atoms with Gasteiger partial charge in [0.05, 0.1) is 18.4 Å². The highest BCUT2D eigenvalue weighted by molar-refractivity contribution is 6.01. The van der Waals surface area contributed by atoms with E-state index in [1.165, 1.54) is 47.2 Å². The fraction of sp³-hybridized carbons (Fsp3) is 0.348. The van der Waals surface area contributed by atoms with E-state index < -0.39 is 23.7 Å². The monoisotopic (exact) mass is 479 g/mol. The lowest BCUT2D eigenvalue weighted by molar-refractivity contribution is -0.140. The number of amides is 3. The number of ether oxygens (including phenoxy) is 2. The molecular formula is C23H24F3N3O5. The van der Waals surface area contributed by atoms with Crippen LogP contribution in [0, 0.1) is 0 Å². The van der Waals surface area contributed by atoms with Gasteiger partial charge in [-0.1, -0.05) is 0 Å². The molecule has 0 aliphatic carbocycles. The topological polar surface area (TPSA) is 88.2 Å². The lowest BCUT2D eigenvalue weighted by Crippen LogP contribution is -2.46. The maximum Gasteiger partial charge on any atom is 0.416 e. The van der Waals surface area contributed by atoms with Crippen LogP contribution in [0.4, 0.5) is 18.9 Å². The fourth-order valence-electron chi connectivity index (χ4n) is 3.39. The minimum Gasteiger partial charge on any atom is -0.494 e. The predicted molar refractivity (Wildman–Crippen MR) is 117 cm³/mol. The van der Waals surface area contributed by atoms with Crippen LogP contribution in [0.3, 0.4) is 0 Å². The number of alkyl halides is 3. The molecule has 1 aliphatic rings. The molecule has 11 heteroatoms. The summed E-state index contributed by atoms with van der Waals surface area (Å²) in [5.41, 5.74) is -0.479. The zero-order valence-electron chi connectivity index (χ0n) is 18.8. The maximum absolute atomic E-state index is 12.9. The van der Waals surface area contributed by atoms with Crippen molar-refractivity contribution in [1.82, 2.24) is 9.80 Å². The average molecular weight is 479 g/mol. The van der Waals surface area contributed by atoms with Crippen LogP contribution in [0.25, 0.3) is 0 Å². The number of hydrogen-bond acceptors (Lipinski definition) is 5. The number of rotatable bonds is 7. The minimum absolute atomic E-state index is 0.163. The van der Waals surface area contributed by atoms with Crippen LogP contribution in [-0.2, 0) is 20.6 Å². The third kappa shape index (κ3) is 5.77. The van der Waals surface area contributed by atoms with Crippen LogP contribution >= 0.6 is 0 Å². The first-order valence-electron chi connectivity index (χ1n) is 10.3. The van der Waals surface area contributed by atoms with Crippen molar-refractivity contribution in [2.45, 2.75) is 25.1 Å². The third-order valence-electron chi connectivity index (χ3n) is 5.28. The first kappa shape index (κ1) is 24.9. The van der Waals surface area contributed by atoms with Crippen molar-refractivity contribution in [3.05, 3.63) is 48.0 Å². The second-order valence-corrected chi connectivity index (χ2v) is 7.84. The van der Waals surface area contributed by atoms with Gasteiger partial charge in [-0.25, -0.2) is 0 Å². The number of nitrogens with zero attached hydrogens (tertiary/aromatic N) is 2. The number of nitrogens with one attached hydrogen (secondary N) is 1. The summed E-state index contributed by atoms with van der Waals surface area (Å²) in [6.07, 6.45) is -4.00. The molecule has 2 aromatic carbocycles. The van der Waals surface area contributed by atoms with E-state index in [0.29, 0.717) is 5.69 Å². The Morgan fingerprint density at radius 1 is 1.12 bits per heavy atom. The van der Waals surface area contributed by atoms with Gasteiger partial charge in [0.1, 0.15) is 29.8 Å². The van der Waals surface area contributed by atoms with Gasteiger partial charge in [0, 0.05) is 26.6 Å². The Kier molecular flexibility index (Phi) is 7.33. The van der Waals surface area contributed by atoms with E-state index in [0.717, 1.165) is 12.1 Å². The number of methoxy groups -OCH3 is 1. The van der Waals surface area contributed by atoms with Gasteiger partial charge in [-0.05, 0) is 42.8 Å². The first-order valence-corrected chi connectivity index (χ1v) is 10.3. The summed E-state index contributed by atoms with van der Waals surface area (Å²) >= 11 is 0. The molecule has 1 unspecified atom stereocenters. The van der Waals surface area contributed by atoms with Gasteiger partial charge in [-0.3, -0.25) is 14.4 Å². The molecule has 34 heavy (non-hydrogen) atoms. The van der Waals surface area contributed by atoms with Crippen molar-refractivity contribution in [1.29, 1.82) is 0 Å². The second kappa shape index (κ2) is 10.0. The zero-order chi connectivity index (χ0) is 25.0. The van der Waals surface area contributed by atoms with Gasteiger partial charge in [0.2, 0.25) is 17.7 Å². The molecule has 3 rings (SSSR count). The van der Waals surface area contributed by atoms with Crippen LogP contribution < -0.4 is 14.8 Å². The van der Waals surface area contributed by atoms with E-state index in [-0.39, 0.29) is 48.4 Å². The number of hydrogen-bond donors (Lipinski definition) is 1. The largest absolute Gasteiger partial charge is 0.494 e. The number of anilines is 1. The Morgan fingerprint density at radius 3 is 2.35 bits per heavy atom. The Bertz CT molecular complexity index is 1070. The molecule has 8 nitrogen and oxygen atoms in total. The molecule has 0 spiro atoms. The van der Waals surface area contributed by atoms with Crippen LogP contribution in [-0.4, -0.2) is 61.3 Å². The summed E-state index contributed by atoms with van der Waals surface area (Å²) in [5.74, 6) is -0.315. The van der Waals surface area contributed by atoms with Gasteiger partial charge >= 0.3 is 6.18 Å². The van der Waals surface area contributed by atoms with E-state index in [4.69, 9.17) is 9.47 Å². The Balaban J connectivity index is 1.71. The third-order valence-corrected chi connectivity index (χ3v) is 5.28. The van der Waals surface area contributed by atoms with Crippen LogP contribution in [0.5, 0.6) is 17.2 Å². The predicted octanol–water partition coefficient (Wildman–Crippen LogP) is 3.52. The Labute approximate surface area is 194 Å². The van der Waals surface area contributed by atoms with Crippen molar-refractivity contribution < 1.29 is 37.0 Å². The number of halogens is 3. The van der Waals surface area contributed by atoms with E-state index >= 15 is 0 Å². The number of benzene rings is 2. The Morgan fingerprint density at radius 2 is 1.76 bits per heavy atom. The molecule has 3 amide bonds. The van der Waals surface area contributed by atoms with E-state index in [1.807, 2.05) is 0 Å². The molecular weight excluding hydrogens is 455 g/mol. The quantitative estimate of drug-likeness (QED) is 0.657. The standard InChI is InChI=1S/C23H24F3N3O5/c1-28(2)21(31)13-29-18(10-11-20(29)30)22(32)27-17-9-8-16(12-19(17)33-3)34-15-6-4-14(5-7-15)23(24,25)26/h4-9,12,18H,10-11,13H2,1-3H3,(H,27,32). The average Bonchev–Trinajstić information content (AvgIpc) is 3.14. The van der Waals surface area contributed by atoms with Gasteiger partial charge in [-0.15, -0.1) is 0 Å². The molecule has 0 saturated carbocycles. The van der Waals surface area contributed by atoms with Gasteiger partial charge in [-0.2, -0.15) is 13.2 Å². The molecule has 0 radical (unpaired) electrons. The van der Waals surface area contributed by atoms with Crippen LogP contribution in [0.15, 0.2) is 42.5 Å². The maximum atomic E-state index is 12.9. The zero-order valence-corrected chi connectivity index (χ0v) is 18.8. The van der Waals surface area contributed by atoms with Crippen LogP contribution in [0.2, 0.25) is 0 Å². The lowest BCUT2D eigenvalue weighted by Gasteiger charge is -2.25. The SMILES string of the molecule is COc1cc(Oc2ccc(C(F)(F)F)cc2)ccc1NC(=O)C1CCC(=O)N1CC(=O)N(C)C. The summed E-state index contributed by atoms with van der Waals surface area (Å²) in [6.45, 7) is -0.193. The molecule has 1 atom stereocenters. The summed E-state index contributed by atoms with van der Waals surface area (Å²) in [4.78, 5) is 39.7. The summed E-state index contributed by atoms with van der Waals surface area (Å²) in [6, 6.07) is 7.93. The summed E-state index contributed by atoms with van der Waals surface area (Å²) in [5, 5.41) is 2.71. The highest BCUT2D eigenvalue weighted by atomic mass is 19.4. The molecule has 0 aromatic heterocycles. The molecule has 182 valence electrons. The Hall–Kier alpha value is -3.76. The molecule has 1 aliphatic heterocycles. The molecule has 1 heterocycles. The van der Waals surface area contributed by atoms with Gasteiger partial charge in [0.15, 0.2) is 0 Å². The highest BCUT2D eigenvalue weighted by Crippen LogP contribution is 2.34. The smallest absolute Gasteiger partial charge is 0.416 e. The van der Waals surface area contributed by atoms with Crippen molar-refractivity contribution in [3.63, 3.8) is 0 Å². The van der Waals surface area contributed by atoms with E-state index in [2.05, 4.69) is 5.32 Å². The molecule has 1 saturated heterocycles. The number of likely N-dealkylation sites (N-methyl/N-ethyl adjacent to an activating group) is 1. The second-order valence-electron chi connectivity index (χ2n) is 7.84. The minimum atomic E-state index is -4.44. The lowest BCUT2D eigenvalue weighted by atomic mass is 10.2. The summed E-state index contributed by atoms with van der Waals surface area (Å²) < 4.78 is 49.1. The van der Waals surface area contributed by atoms with Gasteiger partial charge < -0.3 is 24.6 Å². The number of carbonyl (C=O) groups is 3. The molecule has 1 fully saturated rings. The van der Waals surface area contributed by atoms with Gasteiger partial charge in [0.25, 0.3) is 0 Å².